The summed E-state index contributed by atoms with van der Waals surface area (Å²) >= 11 is 0. The highest BCUT2D eigenvalue weighted by molar-refractivity contribution is 6.05. The number of nitrogens with one attached hydrogen (secondary N) is 3. The Labute approximate surface area is 191 Å². The highest BCUT2D eigenvalue weighted by Gasteiger charge is 2.20. The molecule has 2 aromatic rings. The van der Waals surface area contributed by atoms with Crippen LogP contribution in [0.1, 0.15) is 42.2 Å². The third-order valence-electron chi connectivity index (χ3n) is 4.72. The summed E-state index contributed by atoms with van der Waals surface area (Å²) in [4.78, 5) is 28.6. The number of nitroso groups, excluding NO2 is 1. The Kier molecular flexibility index (Phi) is 10.5. The van der Waals surface area contributed by atoms with Gasteiger partial charge in [-0.05, 0) is 56.8 Å². The molecule has 33 heavy (non-hydrogen) atoms. The molecule has 8 nitrogen and oxygen atoms in total. The number of benzene rings is 2. The van der Waals surface area contributed by atoms with Crippen LogP contribution in [-0.2, 0) is 4.74 Å². The van der Waals surface area contributed by atoms with Crippen LogP contribution in [0, 0.1) is 16.5 Å². The number of amides is 1. The Morgan fingerprint density at radius 3 is 2.45 bits per heavy atom. The van der Waals surface area contributed by atoms with Crippen LogP contribution in [0.5, 0.6) is 0 Å². The predicted molar refractivity (Wildman–Crippen MR) is 123 cm³/mol. The molecule has 0 aliphatic carbocycles. The van der Waals surface area contributed by atoms with Gasteiger partial charge in [-0.25, -0.2) is 13.8 Å². The summed E-state index contributed by atoms with van der Waals surface area (Å²) in [6, 6.07) is 9.79. The van der Waals surface area contributed by atoms with Crippen molar-refractivity contribution in [3.05, 3.63) is 76.2 Å². The zero-order valence-electron chi connectivity index (χ0n) is 18.8. The fraction of sp³-hybridized carbons (Fsp3) is 0.391. The SMILES string of the molecule is CCOC[C@H](C)NC(=NC(CC(N=O)c1ccc(F)cc1)NC)NC(=O)c1cccc(F)c1. The van der Waals surface area contributed by atoms with Crippen LogP contribution in [0.3, 0.4) is 0 Å². The molecule has 0 aliphatic rings. The van der Waals surface area contributed by atoms with Gasteiger partial charge >= 0.3 is 0 Å². The lowest BCUT2D eigenvalue weighted by atomic mass is 10.0. The van der Waals surface area contributed by atoms with E-state index in [1.807, 2.05) is 13.8 Å². The van der Waals surface area contributed by atoms with Gasteiger partial charge in [0.2, 0.25) is 0 Å². The van der Waals surface area contributed by atoms with Gasteiger partial charge in [0, 0.05) is 24.6 Å². The molecule has 0 aromatic heterocycles. The normalized spacial score (nSPS) is 14.3. The molecule has 0 spiro atoms. The summed E-state index contributed by atoms with van der Waals surface area (Å²) < 4.78 is 32.2. The average molecular weight is 462 g/mol. The first-order valence-electron chi connectivity index (χ1n) is 10.6. The molecular weight excluding hydrogens is 432 g/mol. The van der Waals surface area contributed by atoms with Gasteiger partial charge in [-0.15, -0.1) is 0 Å². The third-order valence-corrected chi connectivity index (χ3v) is 4.72. The van der Waals surface area contributed by atoms with Gasteiger partial charge in [0.1, 0.15) is 23.8 Å². The number of halogens is 2. The molecule has 0 saturated carbocycles. The van der Waals surface area contributed by atoms with Gasteiger partial charge in [0.05, 0.1) is 6.61 Å². The van der Waals surface area contributed by atoms with Crippen LogP contribution < -0.4 is 16.0 Å². The number of rotatable bonds is 11. The summed E-state index contributed by atoms with van der Waals surface area (Å²) in [6.45, 7) is 4.61. The molecule has 2 unspecified atom stereocenters. The molecule has 0 heterocycles. The molecule has 0 fully saturated rings. The Morgan fingerprint density at radius 1 is 1.12 bits per heavy atom. The van der Waals surface area contributed by atoms with Crippen molar-refractivity contribution >= 4 is 11.9 Å². The number of hydrogen-bond donors (Lipinski definition) is 3. The molecule has 2 rings (SSSR count). The molecule has 3 atom stereocenters. The van der Waals surface area contributed by atoms with Gasteiger partial charge in [-0.1, -0.05) is 23.4 Å². The van der Waals surface area contributed by atoms with Crippen molar-refractivity contribution in [3.8, 4) is 0 Å². The van der Waals surface area contributed by atoms with Crippen molar-refractivity contribution in [1.82, 2.24) is 16.0 Å². The van der Waals surface area contributed by atoms with E-state index in [1.54, 1.807) is 7.05 Å². The van der Waals surface area contributed by atoms with Gasteiger partial charge in [0.25, 0.3) is 5.91 Å². The molecule has 2 aromatic carbocycles. The lowest BCUT2D eigenvalue weighted by Crippen LogP contribution is -2.47. The summed E-state index contributed by atoms with van der Waals surface area (Å²) in [5.74, 6) is -1.38. The minimum atomic E-state index is -0.784. The monoisotopic (exact) mass is 461 g/mol. The van der Waals surface area contributed by atoms with Crippen molar-refractivity contribution in [2.75, 3.05) is 20.3 Å². The second-order valence-electron chi connectivity index (χ2n) is 7.36. The molecule has 1 amide bonds. The summed E-state index contributed by atoms with van der Waals surface area (Å²) in [5, 5.41) is 11.8. The second kappa shape index (κ2) is 13.3. The van der Waals surface area contributed by atoms with E-state index in [1.165, 1.54) is 42.5 Å². The molecule has 178 valence electrons. The molecule has 0 bridgehead atoms. The predicted octanol–water partition coefficient (Wildman–Crippen LogP) is 3.51. The maximum atomic E-state index is 13.5. The van der Waals surface area contributed by atoms with Crippen LogP contribution in [0.25, 0.3) is 0 Å². The number of ether oxygens (including phenoxy) is 1. The maximum absolute atomic E-state index is 13.5. The number of hydrogen-bond acceptors (Lipinski definition) is 6. The van der Waals surface area contributed by atoms with E-state index in [0.29, 0.717) is 18.8 Å². The highest BCUT2D eigenvalue weighted by Crippen LogP contribution is 2.23. The van der Waals surface area contributed by atoms with Gasteiger partial charge in [0.15, 0.2) is 5.96 Å². The van der Waals surface area contributed by atoms with E-state index in [9.17, 15) is 18.5 Å². The van der Waals surface area contributed by atoms with Crippen LogP contribution in [0.15, 0.2) is 58.7 Å². The van der Waals surface area contributed by atoms with E-state index in [4.69, 9.17) is 4.74 Å². The third kappa shape index (κ3) is 8.66. The van der Waals surface area contributed by atoms with Crippen LogP contribution in [0.4, 0.5) is 8.78 Å². The van der Waals surface area contributed by atoms with Crippen molar-refractivity contribution < 1.29 is 18.3 Å². The molecule has 0 saturated heterocycles. The quantitative estimate of drug-likeness (QED) is 0.270. The second-order valence-corrected chi connectivity index (χ2v) is 7.36. The molecule has 3 N–H and O–H groups in total. The van der Waals surface area contributed by atoms with Crippen LogP contribution >= 0.6 is 0 Å². The zero-order valence-corrected chi connectivity index (χ0v) is 18.8. The average Bonchev–Trinajstić information content (AvgIpc) is 2.80. The fourth-order valence-electron chi connectivity index (χ4n) is 3.01. The first-order valence-corrected chi connectivity index (χ1v) is 10.6. The van der Waals surface area contributed by atoms with E-state index >= 15 is 0 Å². The standard InChI is InChI=1S/C23H29F2N5O3/c1-4-33-14-15(2)27-23(29-22(31)17-6-5-7-19(25)12-17)28-21(26-3)13-20(30-32)16-8-10-18(24)11-9-16/h5-12,15,20-21,26H,4,13-14H2,1-3H3,(H2,27,28,29,31)/t15-,20?,21?/m0/s1. The Bertz CT molecular complexity index is 940. The van der Waals surface area contributed by atoms with Crippen LogP contribution in [-0.4, -0.2) is 44.3 Å². The largest absolute Gasteiger partial charge is 0.380 e. The summed E-state index contributed by atoms with van der Waals surface area (Å²) in [6.07, 6.45) is -0.459. The first kappa shape index (κ1) is 26.0. The number of carbonyl (C=O) groups excluding carboxylic acids is 1. The Hall–Kier alpha value is -3.24. The Morgan fingerprint density at radius 2 is 1.85 bits per heavy atom. The van der Waals surface area contributed by atoms with E-state index in [-0.39, 0.29) is 24.0 Å². The highest BCUT2D eigenvalue weighted by atomic mass is 19.1. The van der Waals surface area contributed by atoms with Crippen molar-refractivity contribution in [3.63, 3.8) is 0 Å². The minimum Gasteiger partial charge on any atom is -0.380 e. The van der Waals surface area contributed by atoms with Crippen molar-refractivity contribution in [1.29, 1.82) is 0 Å². The van der Waals surface area contributed by atoms with Crippen molar-refractivity contribution in [2.45, 2.75) is 38.5 Å². The lowest BCUT2D eigenvalue weighted by Gasteiger charge is -2.21. The van der Waals surface area contributed by atoms with Gasteiger partial charge < -0.3 is 10.1 Å². The molecule has 10 heteroatoms. The topological polar surface area (TPSA) is 104 Å². The first-order chi connectivity index (χ1) is 15.9. The molecule has 0 radical (unpaired) electrons. The summed E-state index contributed by atoms with van der Waals surface area (Å²) in [7, 11) is 1.65. The number of carbonyl (C=O) groups is 1. The maximum Gasteiger partial charge on any atom is 0.258 e. The molecular formula is C23H29F2N5O3. The van der Waals surface area contributed by atoms with E-state index < -0.39 is 29.7 Å². The Balaban J connectivity index is 2.23. The smallest absolute Gasteiger partial charge is 0.258 e. The summed E-state index contributed by atoms with van der Waals surface area (Å²) in [5.41, 5.74) is 0.673. The lowest BCUT2D eigenvalue weighted by molar-refractivity contribution is 0.0973. The fourth-order valence-corrected chi connectivity index (χ4v) is 3.01. The van der Waals surface area contributed by atoms with Crippen molar-refractivity contribution in [2.24, 2.45) is 10.2 Å². The minimum absolute atomic E-state index is 0.125. The van der Waals surface area contributed by atoms with E-state index in [2.05, 4.69) is 26.1 Å². The van der Waals surface area contributed by atoms with Crippen LogP contribution in [0.2, 0.25) is 0 Å². The number of aliphatic imine (C=N–C) groups is 1. The number of nitrogens with zero attached hydrogens (tertiary/aromatic N) is 2. The number of guanidine groups is 1. The molecule has 0 aliphatic heterocycles. The van der Waals surface area contributed by atoms with E-state index in [0.717, 1.165) is 6.07 Å². The zero-order chi connectivity index (χ0) is 24.2. The van der Waals surface area contributed by atoms with Gasteiger partial charge in [-0.3, -0.25) is 15.4 Å². The van der Waals surface area contributed by atoms with Gasteiger partial charge in [-0.2, -0.15) is 4.91 Å².